The Bertz CT molecular complexity index is 593. The summed E-state index contributed by atoms with van der Waals surface area (Å²) < 4.78 is 46.6. The van der Waals surface area contributed by atoms with Crippen molar-refractivity contribution in [1.82, 2.24) is 10.2 Å². The van der Waals surface area contributed by atoms with Crippen LogP contribution in [0.2, 0.25) is 0 Å². The van der Waals surface area contributed by atoms with Crippen LogP contribution in [-0.4, -0.2) is 56.4 Å². The molecule has 0 bridgehead atoms. The van der Waals surface area contributed by atoms with E-state index in [4.69, 9.17) is 9.47 Å². The number of aryl methyl sites for hydroxylation is 1. The molecule has 0 saturated carbocycles. The van der Waals surface area contributed by atoms with Crippen LogP contribution in [-0.2, 0) is 11.2 Å². The topological polar surface area (TPSA) is 50.8 Å². The summed E-state index contributed by atoms with van der Waals surface area (Å²) in [6, 6.07) is 4.99. The molecule has 0 radical (unpaired) electrons. The standard InChI is InChI=1S/C17H23F3N2O3/c1-12-10-22(8-7-21-12)16(23)6-4-13-3-5-14(15(9-13)24-2)25-11-17(18,19)20/h3,5,9,12,21H,4,6-8,10-11H2,1-2H3/t12-/m1/s1. The highest BCUT2D eigenvalue weighted by atomic mass is 19.4. The van der Waals surface area contributed by atoms with Crippen LogP contribution in [0.25, 0.3) is 0 Å². The van der Waals surface area contributed by atoms with Gasteiger partial charge in [-0.05, 0) is 31.0 Å². The molecule has 1 aliphatic heterocycles. The molecule has 0 aromatic heterocycles. The van der Waals surface area contributed by atoms with E-state index in [2.05, 4.69) is 5.32 Å². The van der Waals surface area contributed by atoms with Gasteiger partial charge in [0.1, 0.15) is 0 Å². The summed E-state index contributed by atoms with van der Waals surface area (Å²) in [7, 11) is 1.37. The van der Waals surface area contributed by atoms with E-state index < -0.39 is 12.8 Å². The number of halogens is 3. The van der Waals surface area contributed by atoms with Gasteiger partial charge in [0.15, 0.2) is 18.1 Å². The van der Waals surface area contributed by atoms with E-state index in [1.54, 1.807) is 12.1 Å². The molecule has 1 fully saturated rings. The van der Waals surface area contributed by atoms with Crippen molar-refractivity contribution in [2.24, 2.45) is 0 Å². The van der Waals surface area contributed by atoms with Gasteiger partial charge in [-0.15, -0.1) is 0 Å². The van der Waals surface area contributed by atoms with E-state index >= 15 is 0 Å². The van der Waals surface area contributed by atoms with E-state index in [9.17, 15) is 18.0 Å². The molecule has 1 aliphatic rings. The zero-order valence-corrected chi connectivity index (χ0v) is 14.4. The largest absolute Gasteiger partial charge is 0.493 e. The Morgan fingerprint density at radius 1 is 1.36 bits per heavy atom. The molecule has 25 heavy (non-hydrogen) atoms. The number of piperazine rings is 1. The lowest BCUT2D eigenvalue weighted by Gasteiger charge is -2.32. The third kappa shape index (κ3) is 6.12. The number of benzene rings is 1. The Kier molecular flexibility index (Phi) is 6.52. The van der Waals surface area contributed by atoms with Crippen molar-refractivity contribution < 1.29 is 27.4 Å². The third-order valence-electron chi connectivity index (χ3n) is 3.97. The first-order chi connectivity index (χ1) is 11.8. The van der Waals surface area contributed by atoms with Crippen LogP contribution in [0.15, 0.2) is 18.2 Å². The van der Waals surface area contributed by atoms with Gasteiger partial charge in [0.25, 0.3) is 0 Å². The summed E-state index contributed by atoms with van der Waals surface area (Å²) >= 11 is 0. The van der Waals surface area contributed by atoms with Crippen LogP contribution in [0.1, 0.15) is 18.9 Å². The van der Waals surface area contributed by atoms with Crippen LogP contribution >= 0.6 is 0 Å². The molecule has 0 aliphatic carbocycles. The highest BCUT2D eigenvalue weighted by molar-refractivity contribution is 5.76. The number of ether oxygens (including phenoxy) is 2. The molecule has 1 heterocycles. The van der Waals surface area contributed by atoms with E-state index in [1.165, 1.54) is 13.2 Å². The molecule has 8 heteroatoms. The zero-order chi connectivity index (χ0) is 18.4. The molecule has 5 nitrogen and oxygen atoms in total. The minimum Gasteiger partial charge on any atom is -0.493 e. The Morgan fingerprint density at radius 2 is 2.12 bits per heavy atom. The molecular formula is C17H23F3N2O3. The number of carbonyl (C=O) groups is 1. The van der Waals surface area contributed by atoms with Gasteiger partial charge < -0.3 is 19.7 Å². The number of nitrogens with one attached hydrogen (secondary N) is 1. The van der Waals surface area contributed by atoms with Gasteiger partial charge >= 0.3 is 6.18 Å². The summed E-state index contributed by atoms with van der Waals surface area (Å²) in [4.78, 5) is 14.1. The fourth-order valence-electron chi connectivity index (χ4n) is 2.71. The van der Waals surface area contributed by atoms with Crippen molar-refractivity contribution in [2.75, 3.05) is 33.4 Å². The lowest BCUT2D eigenvalue weighted by molar-refractivity contribution is -0.153. The van der Waals surface area contributed by atoms with Gasteiger partial charge in [0.05, 0.1) is 7.11 Å². The van der Waals surface area contributed by atoms with Crippen LogP contribution in [0.4, 0.5) is 13.2 Å². The van der Waals surface area contributed by atoms with Crippen molar-refractivity contribution in [3.63, 3.8) is 0 Å². The average molecular weight is 360 g/mol. The fraction of sp³-hybridized carbons (Fsp3) is 0.588. The Balaban J connectivity index is 1.92. The summed E-state index contributed by atoms with van der Waals surface area (Å²) in [5.41, 5.74) is 0.813. The number of hydrogen-bond donors (Lipinski definition) is 1. The lowest BCUT2D eigenvalue weighted by Crippen LogP contribution is -2.51. The van der Waals surface area contributed by atoms with Crippen LogP contribution in [0.3, 0.4) is 0 Å². The Labute approximate surface area is 145 Å². The highest BCUT2D eigenvalue weighted by Gasteiger charge is 2.29. The maximum Gasteiger partial charge on any atom is 0.422 e. The summed E-state index contributed by atoms with van der Waals surface area (Å²) in [5, 5.41) is 3.28. The number of hydrogen-bond acceptors (Lipinski definition) is 4. The fourth-order valence-corrected chi connectivity index (χ4v) is 2.71. The van der Waals surface area contributed by atoms with Crippen molar-refractivity contribution >= 4 is 5.91 Å². The van der Waals surface area contributed by atoms with E-state index in [0.717, 1.165) is 12.1 Å². The molecular weight excluding hydrogens is 337 g/mol. The summed E-state index contributed by atoms with van der Waals surface area (Å²) in [5.74, 6) is 0.334. The molecule has 1 saturated heterocycles. The molecule has 2 rings (SSSR count). The minimum atomic E-state index is -4.41. The van der Waals surface area contributed by atoms with E-state index in [-0.39, 0.29) is 23.4 Å². The molecule has 1 aromatic carbocycles. The Morgan fingerprint density at radius 3 is 2.76 bits per heavy atom. The molecule has 0 spiro atoms. The third-order valence-corrected chi connectivity index (χ3v) is 3.97. The number of carbonyl (C=O) groups excluding carboxylic acids is 1. The van der Waals surface area contributed by atoms with E-state index in [1.807, 2.05) is 11.8 Å². The second kappa shape index (κ2) is 8.42. The summed E-state index contributed by atoms with van der Waals surface area (Å²) in [6.07, 6.45) is -3.57. The van der Waals surface area contributed by atoms with Crippen molar-refractivity contribution in [2.45, 2.75) is 32.0 Å². The highest BCUT2D eigenvalue weighted by Crippen LogP contribution is 2.30. The summed E-state index contributed by atoms with van der Waals surface area (Å²) in [6.45, 7) is 2.82. The quantitative estimate of drug-likeness (QED) is 0.846. The molecule has 0 unspecified atom stereocenters. The molecule has 1 N–H and O–H groups in total. The normalized spacial score (nSPS) is 18.1. The number of rotatable bonds is 6. The van der Waals surface area contributed by atoms with Crippen LogP contribution < -0.4 is 14.8 Å². The SMILES string of the molecule is COc1cc(CCC(=O)N2CCN[C@H](C)C2)ccc1OCC(F)(F)F. The van der Waals surface area contributed by atoms with Crippen LogP contribution in [0, 0.1) is 0 Å². The van der Waals surface area contributed by atoms with Crippen molar-refractivity contribution in [3.8, 4) is 11.5 Å². The smallest absolute Gasteiger partial charge is 0.422 e. The zero-order valence-electron chi connectivity index (χ0n) is 14.4. The number of methoxy groups -OCH3 is 1. The van der Waals surface area contributed by atoms with Crippen molar-refractivity contribution in [1.29, 1.82) is 0 Å². The second-order valence-corrected chi connectivity index (χ2v) is 6.08. The van der Waals surface area contributed by atoms with Gasteiger partial charge in [-0.25, -0.2) is 0 Å². The first kappa shape index (κ1) is 19.4. The Hall–Kier alpha value is -1.96. The van der Waals surface area contributed by atoms with Crippen LogP contribution in [0.5, 0.6) is 11.5 Å². The lowest BCUT2D eigenvalue weighted by atomic mass is 10.1. The number of amides is 1. The predicted molar refractivity (Wildman–Crippen MR) is 86.9 cm³/mol. The number of nitrogens with zero attached hydrogens (tertiary/aromatic N) is 1. The maximum atomic E-state index is 12.3. The number of alkyl halides is 3. The second-order valence-electron chi connectivity index (χ2n) is 6.08. The maximum absolute atomic E-state index is 12.3. The van der Waals surface area contributed by atoms with Crippen molar-refractivity contribution in [3.05, 3.63) is 23.8 Å². The van der Waals surface area contributed by atoms with Gasteiger partial charge in [0.2, 0.25) is 5.91 Å². The monoisotopic (exact) mass is 360 g/mol. The average Bonchev–Trinajstić information content (AvgIpc) is 2.57. The van der Waals surface area contributed by atoms with Gasteiger partial charge in [-0.2, -0.15) is 13.2 Å². The molecule has 140 valence electrons. The van der Waals surface area contributed by atoms with Gasteiger partial charge in [0, 0.05) is 32.1 Å². The minimum absolute atomic E-state index is 0.0332. The molecule has 1 atom stereocenters. The molecule has 1 amide bonds. The van der Waals surface area contributed by atoms with Gasteiger partial charge in [-0.1, -0.05) is 6.07 Å². The predicted octanol–water partition coefficient (Wildman–Crippen LogP) is 2.39. The van der Waals surface area contributed by atoms with Gasteiger partial charge in [-0.3, -0.25) is 4.79 Å². The van der Waals surface area contributed by atoms with E-state index in [0.29, 0.717) is 25.9 Å². The first-order valence-electron chi connectivity index (χ1n) is 8.16. The molecule has 1 aromatic rings. The first-order valence-corrected chi connectivity index (χ1v) is 8.16.